The van der Waals surface area contributed by atoms with E-state index in [1.165, 1.54) is 30.4 Å². The number of hydrogen-bond donors (Lipinski definition) is 1. The van der Waals surface area contributed by atoms with Gasteiger partial charge in [0.1, 0.15) is 16.2 Å². The number of halogens is 1. The molecule has 0 radical (unpaired) electrons. The fourth-order valence-corrected chi connectivity index (χ4v) is 3.08. The van der Waals surface area contributed by atoms with Gasteiger partial charge in [0.2, 0.25) is 0 Å². The van der Waals surface area contributed by atoms with Gasteiger partial charge in [-0.05, 0) is 64.9 Å². The quantitative estimate of drug-likeness (QED) is 0.842. The Bertz CT molecular complexity index is 625. The zero-order valence-electron chi connectivity index (χ0n) is 11.6. The molecule has 0 unspecified atom stereocenters. The zero-order chi connectivity index (χ0) is 13.9. The number of nitrogens with one attached hydrogen (secondary N) is 1. The molecule has 1 N–H and O–H groups in total. The highest BCUT2D eigenvalue weighted by atomic mass is 79.9. The highest BCUT2D eigenvalue weighted by molar-refractivity contribution is 9.10. The first-order valence-corrected chi connectivity index (χ1v) is 7.96. The number of nitrogens with zero attached hydrogens (tertiary/aromatic N) is 2. The van der Waals surface area contributed by atoms with E-state index in [9.17, 15) is 0 Å². The number of benzene rings is 1. The Hall–Kier alpha value is -1.42. The molecule has 1 aromatic heterocycles. The molecule has 3 rings (SSSR count). The van der Waals surface area contributed by atoms with E-state index in [0.29, 0.717) is 0 Å². The van der Waals surface area contributed by atoms with Crippen LogP contribution in [0, 0.1) is 0 Å². The van der Waals surface area contributed by atoms with Crippen LogP contribution in [0.1, 0.15) is 36.7 Å². The van der Waals surface area contributed by atoms with Crippen molar-refractivity contribution in [2.75, 3.05) is 5.32 Å². The van der Waals surface area contributed by atoms with Crippen LogP contribution in [0.3, 0.4) is 0 Å². The number of aromatic nitrogens is 2. The minimum absolute atomic E-state index is 0.833. The first-order chi connectivity index (χ1) is 9.74. The Kier molecular flexibility index (Phi) is 4.01. The number of anilines is 2. The van der Waals surface area contributed by atoms with Crippen LogP contribution < -0.4 is 5.32 Å². The van der Waals surface area contributed by atoms with Crippen molar-refractivity contribution in [3.8, 4) is 0 Å². The minimum atomic E-state index is 0.833. The Morgan fingerprint density at radius 3 is 2.85 bits per heavy atom. The van der Waals surface area contributed by atoms with Crippen molar-refractivity contribution in [1.82, 2.24) is 9.97 Å². The molecule has 0 spiro atoms. The van der Waals surface area contributed by atoms with Crippen LogP contribution >= 0.6 is 15.9 Å². The van der Waals surface area contributed by atoms with Crippen LogP contribution in [-0.2, 0) is 19.3 Å². The van der Waals surface area contributed by atoms with Crippen molar-refractivity contribution >= 4 is 27.4 Å². The summed E-state index contributed by atoms with van der Waals surface area (Å²) >= 11 is 3.45. The molecular weight excluding hydrogens is 314 g/mol. The van der Waals surface area contributed by atoms with Gasteiger partial charge in [0.15, 0.2) is 0 Å². The molecular formula is C16H18BrN3. The molecule has 4 heteroatoms. The van der Waals surface area contributed by atoms with Crippen molar-refractivity contribution in [3.05, 3.63) is 45.8 Å². The fourth-order valence-electron chi connectivity index (χ4n) is 2.66. The highest BCUT2D eigenvalue weighted by Gasteiger charge is 2.11. The van der Waals surface area contributed by atoms with Crippen LogP contribution in [-0.4, -0.2) is 9.97 Å². The molecule has 0 saturated heterocycles. The lowest BCUT2D eigenvalue weighted by Gasteiger charge is -2.09. The van der Waals surface area contributed by atoms with Gasteiger partial charge >= 0.3 is 0 Å². The van der Waals surface area contributed by atoms with Gasteiger partial charge in [-0.15, -0.1) is 0 Å². The molecule has 2 aromatic rings. The van der Waals surface area contributed by atoms with Crippen molar-refractivity contribution in [3.63, 3.8) is 0 Å². The largest absolute Gasteiger partial charge is 0.340 e. The van der Waals surface area contributed by atoms with Gasteiger partial charge in [0.25, 0.3) is 0 Å². The molecule has 3 nitrogen and oxygen atoms in total. The van der Waals surface area contributed by atoms with E-state index in [2.05, 4.69) is 56.3 Å². The third-order valence-corrected chi connectivity index (χ3v) is 3.99. The summed E-state index contributed by atoms with van der Waals surface area (Å²) in [6.07, 6.45) is 5.64. The molecule has 0 bridgehead atoms. The summed E-state index contributed by atoms with van der Waals surface area (Å²) in [5.74, 6) is 1.74. The van der Waals surface area contributed by atoms with E-state index in [-0.39, 0.29) is 0 Å². The van der Waals surface area contributed by atoms with Crippen LogP contribution in [0.2, 0.25) is 0 Å². The Labute approximate surface area is 128 Å². The average Bonchev–Trinajstić information content (AvgIpc) is 2.85. The Balaban J connectivity index is 1.83. The summed E-state index contributed by atoms with van der Waals surface area (Å²) in [5.41, 5.74) is 4.07. The standard InChI is InChI=1S/C16H18BrN3/c1-2-4-15-19-14(17)10-16(20-15)18-13-8-7-11-5-3-6-12(11)9-13/h7-10H,2-6H2,1H3,(H,18,19,20). The van der Waals surface area contributed by atoms with Gasteiger partial charge in [-0.3, -0.25) is 0 Å². The van der Waals surface area contributed by atoms with E-state index in [1.807, 2.05) is 6.07 Å². The number of hydrogen-bond acceptors (Lipinski definition) is 3. The first-order valence-electron chi connectivity index (χ1n) is 7.17. The van der Waals surface area contributed by atoms with Crippen molar-refractivity contribution in [1.29, 1.82) is 0 Å². The van der Waals surface area contributed by atoms with Crippen LogP contribution in [0.25, 0.3) is 0 Å². The van der Waals surface area contributed by atoms with E-state index < -0.39 is 0 Å². The molecule has 0 aliphatic heterocycles. The normalized spacial score (nSPS) is 13.3. The van der Waals surface area contributed by atoms with E-state index in [1.54, 1.807) is 0 Å². The second kappa shape index (κ2) is 5.92. The molecule has 0 amide bonds. The van der Waals surface area contributed by atoms with Crippen molar-refractivity contribution in [2.45, 2.75) is 39.0 Å². The van der Waals surface area contributed by atoms with Gasteiger partial charge in [0, 0.05) is 18.2 Å². The maximum atomic E-state index is 4.56. The van der Waals surface area contributed by atoms with Crippen LogP contribution in [0.15, 0.2) is 28.9 Å². The molecule has 0 atom stereocenters. The predicted octanol–water partition coefficient (Wildman–Crippen LogP) is 4.42. The summed E-state index contributed by atoms with van der Waals surface area (Å²) in [7, 11) is 0. The smallest absolute Gasteiger partial charge is 0.135 e. The third-order valence-electron chi connectivity index (χ3n) is 3.59. The lowest BCUT2D eigenvalue weighted by molar-refractivity contribution is 0.831. The molecule has 20 heavy (non-hydrogen) atoms. The summed E-state index contributed by atoms with van der Waals surface area (Å²) in [6.45, 7) is 2.14. The van der Waals surface area contributed by atoms with Gasteiger partial charge < -0.3 is 5.32 Å². The summed E-state index contributed by atoms with van der Waals surface area (Å²) < 4.78 is 0.833. The zero-order valence-corrected chi connectivity index (χ0v) is 13.2. The molecule has 1 aliphatic rings. The summed E-state index contributed by atoms with van der Waals surface area (Å²) in [6, 6.07) is 8.54. The number of aryl methyl sites for hydroxylation is 3. The molecule has 1 aromatic carbocycles. The van der Waals surface area contributed by atoms with E-state index >= 15 is 0 Å². The highest BCUT2D eigenvalue weighted by Crippen LogP contribution is 2.26. The predicted molar refractivity (Wildman–Crippen MR) is 85.5 cm³/mol. The van der Waals surface area contributed by atoms with Crippen molar-refractivity contribution in [2.24, 2.45) is 0 Å². The topological polar surface area (TPSA) is 37.8 Å². The van der Waals surface area contributed by atoms with E-state index in [0.717, 1.165) is 34.8 Å². The van der Waals surface area contributed by atoms with Crippen LogP contribution in [0.5, 0.6) is 0 Å². The molecule has 0 fully saturated rings. The second-order valence-corrected chi connectivity index (χ2v) is 6.02. The van der Waals surface area contributed by atoms with Crippen molar-refractivity contribution < 1.29 is 0 Å². The number of rotatable bonds is 4. The molecule has 104 valence electrons. The monoisotopic (exact) mass is 331 g/mol. The lowest BCUT2D eigenvalue weighted by atomic mass is 10.1. The van der Waals surface area contributed by atoms with Gasteiger partial charge in [-0.2, -0.15) is 0 Å². The Morgan fingerprint density at radius 1 is 1.15 bits per heavy atom. The maximum Gasteiger partial charge on any atom is 0.135 e. The Morgan fingerprint density at radius 2 is 2.00 bits per heavy atom. The van der Waals surface area contributed by atoms with E-state index in [4.69, 9.17) is 0 Å². The van der Waals surface area contributed by atoms with Gasteiger partial charge in [0.05, 0.1) is 0 Å². The SMILES string of the molecule is CCCc1nc(Br)cc(Nc2ccc3c(c2)CCC3)n1. The summed E-state index contributed by atoms with van der Waals surface area (Å²) in [5, 5.41) is 3.39. The van der Waals surface area contributed by atoms with Gasteiger partial charge in [-0.25, -0.2) is 9.97 Å². The van der Waals surface area contributed by atoms with Gasteiger partial charge in [-0.1, -0.05) is 13.0 Å². The summed E-state index contributed by atoms with van der Waals surface area (Å²) in [4.78, 5) is 8.95. The lowest BCUT2D eigenvalue weighted by Crippen LogP contribution is -2.01. The first kappa shape index (κ1) is 13.6. The third kappa shape index (κ3) is 3.01. The maximum absolute atomic E-state index is 4.56. The molecule has 0 saturated carbocycles. The minimum Gasteiger partial charge on any atom is -0.340 e. The number of fused-ring (bicyclic) bond motifs is 1. The average molecular weight is 332 g/mol. The van der Waals surface area contributed by atoms with Crippen LogP contribution in [0.4, 0.5) is 11.5 Å². The fraction of sp³-hybridized carbons (Fsp3) is 0.375. The molecule has 1 aliphatic carbocycles. The molecule has 1 heterocycles. The second-order valence-electron chi connectivity index (χ2n) is 5.20.